The van der Waals surface area contributed by atoms with Crippen molar-refractivity contribution in [1.82, 2.24) is 10.2 Å². The summed E-state index contributed by atoms with van der Waals surface area (Å²) >= 11 is 1.79. The number of hydrogen-bond donors (Lipinski definition) is 1. The minimum Gasteiger partial charge on any atom is -0.355 e. The van der Waals surface area contributed by atoms with E-state index in [1.807, 2.05) is 18.2 Å². The standard InChI is InChI=1S/C22H28N2OS/c1-18-6-5-7-19(16-18)17-24-13-10-20(11-14-24)22(25)23-12-15-26-21-8-3-2-4-9-21/h2-9,16,20H,10-15,17H2,1H3,(H,23,25). The average Bonchev–Trinajstić information content (AvgIpc) is 2.66. The maximum absolute atomic E-state index is 12.4. The zero-order valence-corrected chi connectivity index (χ0v) is 16.3. The Labute approximate surface area is 161 Å². The fraction of sp³-hybridized carbons (Fsp3) is 0.409. The molecule has 0 spiro atoms. The number of nitrogens with one attached hydrogen (secondary N) is 1. The molecule has 138 valence electrons. The summed E-state index contributed by atoms with van der Waals surface area (Å²) < 4.78 is 0. The van der Waals surface area contributed by atoms with Crippen LogP contribution in [0.4, 0.5) is 0 Å². The first-order valence-corrected chi connectivity index (χ1v) is 10.4. The largest absolute Gasteiger partial charge is 0.355 e. The van der Waals surface area contributed by atoms with Crippen LogP contribution in [0.1, 0.15) is 24.0 Å². The van der Waals surface area contributed by atoms with E-state index in [2.05, 4.69) is 53.5 Å². The molecule has 0 bridgehead atoms. The van der Waals surface area contributed by atoms with E-state index in [4.69, 9.17) is 0 Å². The van der Waals surface area contributed by atoms with Gasteiger partial charge in [0.25, 0.3) is 0 Å². The van der Waals surface area contributed by atoms with Crippen molar-refractivity contribution in [3.05, 3.63) is 65.7 Å². The van der Waals surface area contributed by atoms with Crippen molar-refractivity contribution in [3.8, 4) is 0 Å². The van der Waals surface area contributed by atoms with Crippen LogP contribution in [-0.2, 0) is 11.3 Å². The van der Waals surface area contributed by atoms with Crippen LogP contribution < -0.4 is 5.32 Å². The fourth-order valence-electron chi connectivity index (χ4n) is 3.43. The number of hydrogen-bond acceptors (Lipinski definition) is 3. The van der Waals surface area contributed by atoms with Crippen molar-refractivity contribution < 1.29 is 4.79 Å². The summed E-state index contributed by atoms with van der Waals surface area (Å²) in [6.45, 7) is 5.87. The first-order valence-electron chi connectivity index (χ1n) is 9.44. The number of benzene rings is 2. The molecule has 1 N–H and O–H groups in total. The number of rotatable bonds is 7. The van der Waals surface area contributed by atoms with E-state index in [-0.39, 0.29) is 11.8 Å². The molecule has 26 heavy (non-hydrogen) atoms. The molecule has 1 fully saturated rings. The molecular formula is C22H28N2OS. The highest BCUT2D eigenvalue weighted by Gasteiger charge is 2.24. The van der Waals surface area contributed by atoms with Crippen LogP contribution in [-0.4, -0.2) is 36.2 Å². The summed E-state index contributed by atoms with van der Waals surface area (Å²) in [6, 6.07) is 19.0. The second-order valence-corrected chi connectivity index (χ2v) is 8.16. The number of aryl methyl sites for hydroxylation is 1. The molecule has 0 atom stereocenters. The van der Waals surface area contributed by atoms with Gasteiger partial charge in [-0.25, -0.2) is 0 Å². The predicted octanol–water partition coefficient (Wildman–Crippen LogP) is 4.12. The van der Waals surface area contributed by atoms with Crippen LogP contribution >= 0.6 is 11.8 Å². The van der Waals surface area contributed by atoms with Gasteiger partial charge in [0.15, 0.2) is 0 Å². The first kappa shape index (κ1) is 19.0. The molecular weight excluding hydrogens is 340 g/mol. The van der Waals surface area contributed by atoms with Crippen molar-refractivity contribution in [3.63, 3.8) is 0 Å². The topological polar surface area (TPSA) is 32.3 Å². The molecule has 0 unspecified atom stereocenters. The molecule has 1 amide bonds. The third-order valence-electron chi connectivity index (χ3n) is 4.86. The van der Waals surface area contributed by atoms with Gasteiger partial charge in [0.2, 0.25) is 5.91 Å². The van der Waals surface area contributed by atoms with Crippen LogP contribution in [0.3, 0.4) is 0 Å². The molecule has 2 aromatic carbocycles. The van der Waals surface area contributed by atoms with Crippen molar-refractivity contribution in [2.45, 2.75) is 31.2 Å². The SMILES string of the molecule is Cc1cccc(CN2CCC(C(=O)NCCSc3ccccc3)CC2)c1. The molecule has 0 aliphatic carbocycles. The third-order valence-corrected chi connectivity index (χ3v) is 5.87. The lowest BCUT2D eigenvalue weighted by molar-refractivity contribution is -0.126. The molecule has 0 saturated carbocycles. The van der Waals surface area contributed by atoms with E-state index in [9.17, 15) is 4.79 Å². The van der Waals surface area contributed by atoms with Gasteiger partial charge in [-0.1, -0.05) is 48.0 Å². The Balaban J connectivity index is 1.34. The number of amides is 1. The summed E-state index contributed by atoms with van der Waals surface area (Å²) in [4.78, 5) is 16.1. The van der Waals surface area contributed by atoms with E-state index < -0.39 is 0 Å². The van der Waals surface area contributed by atoms with Gasteiger partial charge in [-0.05, 0) is 50.6 Å². The van der Waals surface area contributed by atoms with Crippen LogP contribution in [0, 0.1) is 12.8 Å². The summed E-state index contributed by atoms with van der Waals surface area (Å²) in [5.41, 5.74) is 2.68. The van der Waals surface area contributed by atoms with Gasteiger partial charge < -0.3 is 5.32 Å². The van der Waals surface area contributed by atoms with E-state index in [1.54, 1.807) is 11.8 Å². The zero-order valence-electron chi connectivity index (χ0n) is 15.5. The fourth-order valence-corrected chi connectivity index (χ4v) is 4.22. The Bertz CT molecular complexity index is 696. The first-order chi connectivity index (χ1) is 12.7. The quantitative estimate of drug-likeness (QED) is 0.589. The predicted molar refractivity (Wildman–Crippen MR) is 109 cm³/mol. The van der Waals surface area contributed by atoms with E-state index in [0.717, 1.165) is 44.8 Å². The molecule has 2 aromatic rings. The van der Waals surface area contributed by atoms with Gasteiger partial charge in [0.05, 0.1) is 0 Å². The van der Waals surface area contributed by atoms with E-state index >= 15 is 0 Å². The molecule has 1 aliphatic rings. The Morgan fingerprint density at radius 1 is 1.12 bits per heavy atom. The highest BCUT2D eigenvalue weighted by atomic mass is 32.2. The lowest BCUT2D eigenvalue weighted by atomic mass is 9.95. The number of nitrogens with zero attached hydrogens (tertiary/aromatic N) is 1. The van der Waals surface area contributed by atoms with Crippen LogP contribution in [0.25, 0.3) is 0 Å². The Hall–Kier alpha value is -1.78. The highest BCUT2D eigenvalue weighted by Crippen LogP contribution is 2.20. The Morgan fingerprint density at radius 2 is 1.88 bits per heavy atom. The summed E-state index contributed by atoms with van der Waals surface area (Å²) in [5.74, 6) is 1.32. The average molecular weight is 369 g/mol. The Morgan fingerprint density at radius 3 is 2.62 bits per heavy atom. The van der Waals surface area contributed by atoms with Crippen molar-refractivity contribution in [1.29, 1.82) is 0 Å². The normalized spacial score (nSPS) is 15.7. The molecule has 1 saturated heterocycles. The molecule has 1 aliphatic heterocycles. The zero-order chi connectivity index (χ0) is 18.2. The lowest BCUT2D eigenvalue weighted by Crippen LogP contribution is -2.40. The molecule has 0 aromatic heterocycles. The molecule has 3 nitrogen and oxygen atoms in total. The Kier molecular flexibility index (Phi) is 7.15. The highest BCUT2D eigenvalue weighted by molar-refractivity contribution is 7.99. The number of carbonyl (C=O) groups is 1. The van der Waals surface area contributed by atoms with Crippen molar-refractivity contribution in [2.24, 2.45) is 5.92 Å². The van der Waals surface area contributed by atoms with Gasteiger partial charge in [-0.3, -0.25) is 9.69 Å². The number of thioether (sulfide) groups is 1. The van der Waals surface area contributed by atoms with E-state index in [1.165, 1.54) is 16.0 Å². The number of likely N-dealkylation sites (tertiary alicyclic amines) is 1. The maximum Gasteiger partial charge on any atom is 0.223 e. The van der Waals surface area contributed by atoms with Crippen molar-refractivity contribution in [2.75, 3.05) is 25.4 Å². The number of piperidine rings is 1. The third kappa shape index (κ3) is 5.89. The minimum atomic E-state index is 0.172. The number of carbonyl (C=O) groups excluding carboxylic acids is 1. The van der Waals surface area contributed by atoms with Gasteiger partial charge in [-0.2, -0.15) is 0 Å². The van der Waals surface area contributed by atoms with Gasteiger partial charge in [-0.15, -0.1) is 11.8 Å². The van der Waals surface area contributed by atoms with E-state index in [0.29, 0.717) is 0 Å². The van der Waals surface area contributed by atoms with Crippen LogP contribution in [0.15, 0.2) is 59.5 Å². The van der Waals surface area contributed by atoms with Crippen molar-refractivity contribution >= 4 is 17.7 Å². The van der Waals surface area contributed by atoms with Crippen LogP contribution in [0.2, 0.25) is 0 Å². The van der Waals surface area contributed by atoms with Crippen LogP contribution in [0.5, 0.6) is 0 Å². The molecule has 1 heterocycles. The smallest absolute Gasteiger partial charge is 0.223 e. The maximum atomic E-state index is 12.4. The van der Waals surface area contributed by atoms with Gasteiger partial charge in [0.1, 0.15) is 0 Å². The second-order valence-electron chi connectivity index (χ2n) is 6.99. The molecule has 3 rings (SSSR count). The molecule has 0 radical (unpaired) electrons. The summed E-state index contributed by atoms with van der Waals surface area (Å²) in [6.07, 6.45) is 1.92. The second kappa shape index (κ2) is 9.79. The summed E-state index contributed by atoms with van der Waals surface area (Å²) in [7, 11) is 0. The lowest BCUT2D eigenvalue weighted by Gasteiger charge is -2.31. The monoisotopic (exact) mass is 368 g/mol. The summed E-state index contributed by atoms with van der Waals surface area (Å²) in [5, 5.41) is 3.12. The minimum absolute atomic E-state index is 0.172. The van der Waals surface area contributed by atoms with Gasteiger partial charge in [0, 0.05) is 29.7 Å². The van der Waals surface area contributed by atoms with Gasteiger partial charge >= 0.3 is 0 Å². The molecule has 4 heteroatoms.